The lowest BCUT2D eigenvalue weighted by Gasteiger charge is -2.02. The molecule has 1 aromatic carbocycles. The Kier molecular flexibility index (Phi) is 3.75. The monoisotopic (exact) mass is 302 g/mol. The Hall–Kier alpha value is -1.79. The highest BCUT2D eigenvalue weighted by atomic mass is 32.2. The van der Waals surface area contributed by atoms with E-state index in [0.717, 1.165) is 10.8 Å². The molecule has 6 heteroatoms. The fraction of sp³-hybridized carbons (Fsp3) is 0.143. The van der Waals surface area contributed by atoms with Crippen molar-refractivity contribution in [3.63, 3.8) is 0 Å². The minimum Gasteiger partial charge on any atom is -0.325 e. The zero-order valence-corrected chi connectivity index (χ0v) is 12.8. The van der Waals surface area contributed by atoms with Crippen molar-refractivity contribution in [2.45, 2.75) is 23.2 Å². The minimum absolute atomic E-state index is 0.660. The van der Waals surface area contributed by atoms with E-state index in [1.807, 2.05) is 12.1 Å². The molecule has 0 saturated heterocycles. The molecule has 0 aliphatic heterocycles. The average Bonchev–Trinajstić information content (AvgIpc) is 3.01. The van der Waals surface area contributed by atoms with E-state index in [-0.39, 0.29) is 0 Å². The zero-order valence-electron chi connectivity index (χ0n) is 11.2. The molecule has 0 aliphatic rings. The number of H-pyrrole nitrogens is 1. The number of nitrogens with zero attached hydrogens (tertiary/aromatic N) is 2. The van der Waals surface area contributed by atoms with E-state index < -0.39 is 0 Å². The predicted molar refractivity (Wildman–Crippen MR) is 84.0 cm³/mol. The number of anilines is 2. The van der Waals surface area contributed by atoms with E-state index >= 15 is 0 Å². The maximum Gasteiger partial charge on any atom is 0.223 e. The van der Waals surface area contributed by atoms with Gasteiger partial charge in [0.05, 0.1) is 4.21 Å². The maximum absolute atomic E-state index is 4.44. The smallest absolute Gasteiger partial charge is 0.223 e. The van der Waals surface area contributed by atoms with Gasteiger partial charge in [0.2, 0.25) is 11.1 Å². The molecule has 20 heavy (non-hydrogen) atoms. The quantitative estimate of drug-likeness (QED) is 0.751. The molecule has 0 radical (unpaired) electrons. The van der Waals surface area contributed by atoms with Gasteiger partial charge in [-0.3, -0.25) is 0 Å². The summed E-state index contributed by atoms with van der Waals surface area (Å²) in [6.07, 6.45) is 0. The average molecular weight is 302 g/mol. The van der Waals surface area contributed by atoms with Crippen molar-refractivity contribution < 1.29 is 0 Å². The molecule has 102 valence electrons. The second kappa shape index (κ2) is 5.68. The second-order valence-electron chi connectivity index (χ2n) is 4.45. The summed E-state index contributed by atoms with van der Waals surface area (Å²) in [7, 11) is 0. The van der Waals surface area contributed by atoms with Crippen LogP contribution in [0.1, 0.15) is 11.1 Å². The third kappa shape index (κ3) is 3.02. The van der Waals surface area contributed by atoms with Gasteiger partial charge in [0, 0.05) is 5.69 Å². The lowest BCUT2D eigenvalue weighted by atomic mass is 10.2. The summed E-state index contributed by atoms with van der Waals surface area (Å²) in [5, 5.41) is 13.2. The molecule has 0 bridgehead atoms. The standard InChI is InChI=1S/C14H14N4S2/c1-9-4-3-5-11(8-9)15-13-16-14(18-17-13)20-12-10(2)6-7-19-12/h3-8H,1-2H3,(H2,15,16,17,18). The molecule has 0 atom stereocenters. The van der Waals surface area contributed by atoms with Gasteiger partial charge in [-0.15, -0.1) is 16.4 Å². The molecule has 0 unspecified atom stereocenters. The normalized spacial score (nSPS) is 10.7. The number of rotatable bonds is 4. The Morgan fingerprint density at radius 1 is 1.25 bits per heavy atom. The first-order valence-electron chi connectivity index (χ1n) is 6.19. The molecule has 0 aliphatic carbocycles. The summed E-state index contributed by atoms with van der Waals surface area (Å²) >= 11 is 3.29. The highest BCUT2D eigenvalue weighted by Crippen LogP contribution is 2.32. The topological polar surface area (TPSA) is 53.6 Å². The highest BCUT2D eigenvalue weighted by molar-refractivity contribution is 8.01. The third-order valence-corrected chi connectivity index (χ3v) is 4.96. The molecule has 0 spiro atoms. The van der Waals surface area contributed by atoms with Gasteiger partial charge in [-0.25, -0.2) is 5.10 Å². The van der Waals surface area contributed by atoms with Crippen molar-refractivity contribution in [3.05, 3.63) is 46.8 Å². The van der Waals surface area contributed by atoms with Gasteiger partial charge in [0.1, 0.15) is 0 Å². The van der Waals surface area contributed by atoms with Gasteiger partial charge in [-0.1, -0.05) is 12.1 Å². The Balaban J connectivity index is 1.72. The van der Waals surface area contributed by atoms with Gasteiger partial charge in [0.25, 0.3) is 0 Å². The third-order valence-electron chi connectivity index (χ3n) is 2.74. The van der Waals surface area contributed by atoms with Crippen LogP contribution >= 0.6 is 23.1 Å². The Morgan fingerprint density at radius 3 is 2.90 bits per heavy atom. The second-order valence-corrected chi connectivity index (χ2v) is 6.61. The molecule has 2 aromatic heterocycles. The Morgan fingerprint density at radius 2 is 2.15 bits per heavy atom. The highest BCUT2D eigenvalue weighted by Gasteiger charge is 2.08. The van der Waals surface area contributed by atoms with Crippen molar-refractivity contribution in [1.82, 2.24) is 15.2 Å². The lowest BCUT2D eigenvalue weighted by molar-refractivity contribution is 0.974. The van der Waals surface area contributed by atoms with E-state index in [2.05, 4.69) is 57.9 Å². The van der Waals surface area contributed by atoms with Crippen LogP contribution in [0.25, 0.3) is 0 Å². The Labute approximate surface area is 125 Å². The summed E-state index contributed by atoms with van der Waals surface area (Å²) in [6, 6.07) is 10.3. The number of aromatic amines is 1. The summed E-state index contributed by atoms with van der Waals surface area (Å²) in [6.45, 7) is 4.16. The van der Waals surface area contributed by atoms with Crippen LogP contribution in [-0.2, 0) is 0 Å². The van der Waals surface area contributed by atoms with Gasteiger partial charge >= 0.3 is 0 Å². The van der Waals surface area contributed by atoms with E-state index in [4.69, 9.17) is 0 Å². The molecule has 4 nitrogen and oxygen atoms in total. The molecular formula is C14H14N4S2. The van der Waals surface area contributed by atoms with Crippen LogP contribution in [0.2, 0.25) is 0 Å². The van der Waals surface area contributed by atoms with E-state index in [1.165, 1.54) is 15.3 Å². The number of hydrogen-bond acceptors (Lipinski definition) is 5. The number of aromatic nitrogens is 3. The first kappa shape index (κ1) is 13.2. The number of nitrogens with one attached hydrogen (secondary N) is 2. The van der Waals surface area contributed by atoms with E-state index in [1.54, 1.807) is 23.1 Å². The van der Waals surface area contributed by atoms with Crippen LogP contribution in [0.3, 0.4) is 0 Å². The predicted octanol–water partition coefficient (Wildman–Crippen LogP) is 4.38. The van der Waals surface area contributed by atoms with E-state index in [9.17, 15) is 0 Å². The molecule has 0 fully saturated rings. The van der Waals surface area contributed by atoms with Gasteiger partial charge in [-0.2, -0.15) is 4.98 Å². The number of benzene rings is 1. The van der Waals surface area contributed by atoms with Crippen molar-refractivity contribution in [3.8, 4) is 0 Å². The van der Waals surface area contributed by atoms with Crippen LogP contribution in [0.4, 0.5) is 11.6 Å². The largest absolute Gasteiger partial charge is 0.325 e. The van der Waals surface area contributed by atoms with Gasteiger partial charge in [0.15, 0.2) is 0 Å². The fourth-order valence-corrected chi connectivity index (χ4v) is 3.61. The van der Waals surface area contributed by atoms with Gasteiger partial charge in [-0.05, 0) is 60.3 Å². The van der Waals surface area contributed by atoms with Gasteiger partial charge < -0.3 is 5.32 Å². The van der Waals surface area contributed by atoms with Crippen LogP contribution in [0.15, 0.2) is 45.1 Å². The molecule has 3 aromatic rings. The molecule has 0 amide bonds. The number of aryl methyl sites for hydroxylation is 2. The van der Waals surface area contributed by atoms with Crippen LogP contribution < -0.4 is 5.32 Å². The molecule has 3 rings (SSSR count). The Bertz CT molecular complexity index is 717. The summed E-state index contributed by atoms with van der Waals surface area (Å²) in [5.41, 5.74) is 3.47. The SMILES string of the molecule is Cc1cccc(Nc2nc(Sc3sccc3C)n[nH]2)c1. The van der Waals surface area contributed by atoms with Crippen molar-refractivity contribution >= 4 is 34.7 Å². The number of thiophene rings is 1. The number of hydrogen-bond donors (Lipinski definition) is 2. The molecule has 0 saturated carbocycles. The fourth-order valence-electron chi connectivity index (χ4n) is 1.75. The molecule has 2 heterocycles. The minimum atomic E-state index is 0.660. The van der Waals surface area contributed by atoms with Crippen molar-refractivity contribution in [2.24, 2.45) is 0 Å². The summed E-state index contributed by atoms with van der Waals surface area (Å²) in [4.78, 5) is 4.44. The molecule has 2 N–H and O–H groups in total. The first-order valence-corrected chi connectivity index (χ1v) is 7.88. The van der Waals surface area contributed by atoms with E-state index in [0.29, 0.717) is 5.95 Å². The van der Waals surface area contributed by atoms with Crippen molar-refractivity contribution in [2.75, 3.05) is 5.32 Å². The van der Waals surface area contributed by atoms with Crippen LogP contribution in [0.5, 0.6) is 0 Å². The zero-order chi connectivity index (χ0) is 13.9. The van der Waals surface area contributed by atoms with Crippen LogP contribution in [-0.4, -0.2) is 15.2 Å². The molecular weight excluding hydrogens is 288 g/mol. The van der Waals surface area contributed by atoms with Crippen molar-refractivity contribution in [1.29, 1.82) is 0 Å². The van der Waals surface area contributed by atoms with Crippen LogP contribution in [0, 0.1) is 13.8 Å². The maximum atomic E-state index is 4.44. The first-order chi connectivity index (χ1) is 9.70. The lowest BCUT2D eigenvalue weighted by Crippen LogP contribution is -1.92. The summed E-state index contributed by atoms with van der Waals surface area (Å²) < 4.78 is 1.23. The summed E-state index contributed by atoms with van der Waals surface area (Å²) in [5.74, 6) is 0.660.